The van der Waals surface area contributed by atoms with E-state index in [-0.39, 0.29) is 11.3 Å². The van der Waals surface area contributed by atoms with Gasteiger partial charge in [0.2, 0.25) is 0 Å². The lowest BCUT2D eigenvalue weighted by Gasteiger charge is -2.30. The van der Waals surface area contributed by atoms with Crippen molar-refractivity contribution in [3.05, 3.63) is 76.5 Å². The highest BCUT2D eigenvalue weighted by atomic mass is 19.1. The highest BCUT2D eigenvalue weighted by molar-refractivity contribution is 5.94. The molecule has 1 N–H and O–H groups in total. The van der Waals surface area contributed by atoms with Gasteiger partial charge in [-0.2, -0.15) is 0 Å². The smallest absolute Gasteiger partial charge is 0.159 e. The van der Waals surface area contributed by atoms with Crippen molar-refractivity contribution in [3.63, 3.8) is 0 Å². The Morgan fingerprint density at radius 1 is 1.11 bits per heavy atom. The van der Waals surface area contributed by atoms with E-state index in [1.54, 1.807) is 6.92 Å². The third kappa shape index (κ3) is 3.14. The topological polar surface area (TPSA) is 36.1 Å². The number of nitrogens with one attached hydrogen (secondary N) is 1. The fourth-order valence-corrected chi connectivity index (χ4v) is 3.76. The summed E-state index contributed by atoms with van der Waals surface area (Å²) in [5, 5.41) is 0. The van der Waals surface area contributed by atoms with Crippen LogP contribution in [-0.2, 0) is 13.0 Å². The number of H-pyrrole nitrogens is 1. The van der Waals surface area contributed by atoms with Crippen molar-refractivity contribution in [2.24, 2.45) is 0 Å². The first kappa shape index (κ1) is 17.5. The second-order valence-electron chi connectivity index (χ2n) is 7.01. The van der Waals surface area contributed by atoms with Crippen LogP contribution < -0.4 is 4.90 Å². The van der Waals surface area contributed by atoms with E-state index in [1.807, 2.05) is 31.2 Å². The van der Waals surface area contributed by atoms with Crippen LogP contribution in [0, 0.1) is 18.6 Å². The van der Waals surface area contributed by atoms with Gasteiger partial charge in [0, 0.05) is 36.5 Å². The Bertz CT molecular complexity index is 1020. The van der Waals surface area contributed by atoms with E-state index >= 15 is 0 Å². The number of hydrogen-bond donors (Lipinski definition) is 1. The summed E-state index contributed by atoms with van der Waals surface area (Å²) in [6.45, 7) is 5.01. The SMILES string of the molecule is CC(=O)c1ccc(N2CCc3[nH]c(-c4c(F)cccc4F)cc3C2)c(C)c1. The van der Waals surface area contributed by atoms with E-state index in [2.05, 4.69) is 9.88 Å². The van der Waals surface area contributed by atoms with E-state index in [9.17, 15) is 13.6 Å². The van der Waals surface area contributed by atoms with E-state index in [0.29, 0.717) is 17.8 Å². The second kappa shape index (κ2) is 6.65. The maximum absolute atomic E-state index is 14.1. The number of aromatic amines is 1. The summed E-state index contributed by atoms with van der Waals surface area (Å²) in [7, 11) is 0. The standard InChI is InChI=1S/C22H20F2N2O/c1-13-10-15(14(2)27)6-7-21(13)26-9-8-19-16(12-26)11-20(25-19)22-17(23)4-3-5-18(22)24/h3-7,10-11,25H,8-9,12H2,1-2H3. The van der Waals surface area contributed by atoms with Crippen molar-refractivity contribution in [2.75, 3.05) is 11.4 Å². The van der Waals surface area contributed by atoms with Gasteiger partial charge in [0.05, 0.1) is 11.3 Å². The van der Waals surface area contributed by atoms with Gasteiger partial charge in [0.15, 0.2) is 5.78 Å². The number of nitrogens with zero attached hydrogens (tertiary/aromatic N) is 1. The number of halogens is 2. The number of ketones is 1. The highest BCUT2D eigenvalue weighted by Gasteiger charge is 2.22. The molecule has 1 aliphatic heterocycles. The molecule has 138 valence electrons. The van der Waals surface area contributed by atoms with E-state index < -0.39 is 11.6 Å². The van der Waals surface area contributed by atoms with E-state index in [1.165, 1.54) is 18.2 Å². The summed E-state index contributed by atoms with van der Waals surface area (Å²) in [5.41, 5.74) is 5.33. The zero-order valence-corrected chi connectivity index (χ0v) is 15.3. The maximum atomic E-state index is 14.1. The summed E-state index contributed by atoms with van der Waals surface area (Å²) < 4.78 is 28.2. The van der Waals surface area contributed by atoms with Crippen LogP contribution in [0.1, 0.15) is 34.1 Å². The number of rotatable bonds is 3. The lowest BCUT2D eigenvalue weighted by atomic mass is 10.0. The molecule has 3 nitrogen and oxygen atoms in total. The van der Waals surface area contributed by atoms with Crippen molar-refractivity contribution in [1.82, 2.24) is 4.98 Å². The maximum Gasteiger partial charge on any atom is 0.159 e. The molecule has 0 fully saturated rings. The first-order valence-electron chi connectivity index (χ1n) is 8.95. The average Bonchev–Trinajstić information content (AvgIpc) is 3.04. The molecule has 0 unspecified atom stereocenters. The summed E-state index contributed by atoms with van der Waals surface area (Å²) in [6.07, 6.45) is 0.763. The van der Waals surface area contributed by atoms with Crippen molar-refractivity contribution in [1.29, 1.82) is 0 Å². The molecule has 4 rings (SSSR count). The zero-order valence-electron chi connectivity index (χ0n) is 15.3. The Balaban J connectivity index is 1.65. The van der Waals surface area contributed by atoms with E-state index in [0.717, 1.165) is 35.5 Å². The summed E-state index contributed by atoms with van der Waals surface area (Å²) in [4.78, 5) is 17.0. The number of Topliss-reactive ketones (excluding diaryl/α,β-unsaturated/α-hetero) is 1. The molecule has 27 heavy (non-hydrogen) atoms. The molecule has 0 radical (unpaired) electrons. The first-order valence-corrected chi connectivity index (χ1v) is 8.95. The number of aromatic nitrogens is 1. The number of hydrogen-bond acceptors (Lipinski definition) is 2. The van der Waals surface area contributed by atoms with Gasteiger partial charge in [-0.1, -0.05) is 6.07 Å². The molecule has 0 spiro atoms. The molecule has 5 heteroatoms. The predicted molar refractivity (Wildman–Crippen MR) is 102 cm³/mol. The monoisotopic (exact) mass is 366 g/mol. The molecule has 2 heterocycles. The molecule has 0 saturated carbocycles. The molecule has 1 aromatic heterocycles. The van der Waals surface area contributed by atoms with Crippen LogP contribution in [0.4, 0.5) is 14.5 Å². The molecular weight excluding hydrogens is 346 g/mol. The second-order valence-corrected chi connectivity index (χ2v) is 7.01. The molecular formula is C22H20F2N2O. The number of carbonyl (C=O) groups is 1. The van der Waals surface area contributed by atoms with Crippen molar-refractivity contribution < 1.29 is 13.6 Å². The van der Waals surface area contributed by atoms with Crippen LogP contribution in [0.15, 0.2) is 42.5 Å². The van der Waals surface area contributed by atoms with Crippen LogP contribution in [-0.4, -0.2) is 17.3 Å². The fraction of sp³-hybridized carbons (Fsp3) is 0.227. The minimum atomic E-state index is -0.568. The normalized spacial score (nSPS) is 13.6. The van der Waals surface area contributed by atoms with Crippen LogP contribution in [0.3, 0.4) is 0 Å². The molecule has 0 saturated heterocycles. The van der Waals surface area contributed by atoms with Crippen LogP contribution in [0.2, 0.25) is 0 Å². The summed E-state index contributed by atoms with van der Waals surface area (Å²) >= 11 is 0. The Morgan fingerprint density at radius 2 is 1.85 bits per heavy atom. The van der Waals surface area contributed by atoms with Crippen LogP contribution in [0.25, 0.3) is 11.3 Å². The Labute approximate surface area is 156 Å². The third-order valence-corrected chi connectivity index (χ3v) is 5.16. The minimum absolute atomic E-state index is 0.0135. The quantitative estimate of drug-likeness (QED) is 0.660. The molecule has 0 atom stereocenters. The number of anilines is 1. The molecule has 2 aromatic carbocycles. The third-order valence-electron chi connectivity index (χ3n) is 5.16. The molecule has 0 aliphatic carbocycles. The Hall–Kier alpha value is -2.95. The van der Waals surface area contributed by atoms with Gasteiger partial charge in [-0.25, -0.2) is 8.78 Å². The Morgan fingerprint density at radius 3 is 2.52 bits per heavy atom. The number of fused-ring (bicyclic) bond motifs is 1. The molecule has 3 aromatic rings. The van der Waals surface area contributed by atoms with Crippen molar-refractivity contribution in [3.8, 4) is 11.3 Å². The lowest BCUT2D eigenvalue weighted by Crippen LogP contribution is -2.30. The largest absolute Gasteiger partial charge is 0.367 e. The van der Waals surface area contributed by atoms with Gasteiger partial charge >= 0.3 is 0 Å². The minimum Gasteiger partial charge on any atom is -0.367 e. The average molecular weight is 366 g/mol. The van der Waals surface area contributed by atoms with Crippen LogP contribution in [0.5, 0.6) is 0 Å². The molecule has 0 amide bonds. The van der Waals surface area contributed by atoms with E-state index in [4.69, 9.17) is 0 Å². The number of aryl methyl sites for hydroxylation is 1. The molecule has 0 bridgehead atoms. The lowest BCUT2D eigenvalue weighted by molar-refractivity contribution is 0.101. The van der Waals surface area contributed by atoms with Gasteiger partial charge in [0.25, 0.3) is 0 Å². The molecule has 1 aliphatic rings. The van der Waals surface area contributed by atoms with Gasteiger partial charge in [-0.15, -0.1) is 0 Å². The fourth-order valence-electron chi connectivity index (χ4n) is 3.76. The Kier molecular flexibility index (Phi) is 4.30. The first-order chi connectivity index (χ1) is 12.9. The van der Waals surface area contributed by atoms with Gasteiger partial charge in [-0.3, -0.25) is 4.79 Å². The predicted octanol–water partition coefficient (Wildman–Crippen LogP) is 5.03. The summed E-state index contributed by atoms with van der Waals surface area (Å²) in [6, 6.07) is 11.5. The number of carbonyl (C=O) groups excluding carboxylic acids is 1. The van der Waals surface area contributed by atoms with Gasteiger partial charge in [0.1, 0.15) is 11.6 Å². The summed E-state index contributed by atoms with van der Waals surface area (Å²) in [5.74, 6) is -1.09. The van der Waals surface area contributed by atoms with Crippen LogP contribution >= 0.6 is 0 Å². The van der Waals surface area contributed by atoms with Gasteiger partial charge < -0.3 is 9.88 Å². The highest BCUT2D eigenvalue weighted by Crippen LogP contribution is 2.32. The van der Waals surface area contributed by atoms with Gasteiger partial charge in [-0.05, 0) is 61.4 Å². The number of benzene rings is 2. The van der Waals surface area contributed by atoms with Crippen molar-refractivity contribution >= 4 is 11.5 Å². The zero-order chi connectivity index (χ0) is 19.1. The van der Waals surface area contributed by atoms with Crippen molar-refractivity contribution in [2.45, 2.75) is 26.8 Å².